The van der Waals surface area contributed by atoms with Crippen LogP contribution in [0.15, 0.2) is 30.3 Å². The molecule has 0 saturated carbocycles. The molecule has 0 aliphatic heterocycles. The number of carbonyl (C=O) groups excluding carboxylic acids is 1. The largest absolute Gasteiger partial charge is 0.465 e. The summed E-state index contributed by atoms with van der Waals surface area (Å²) >= 11 is 0. The summed E-state index contributed by atoms with van der Waals surface area (Å²) in [5.41, 5.74) is 2.18. The summed E-state index contributed by atoms with van der Waals surface area (Å²) in [4.78, 5) is 28.7. The second kappa shape index (κ2) is 7.08. The van der Waals surface area contributed by atoms with E-state index in [2.05, 4.69) is 9.72 Å². The molecule has 0 aliphatic rings. The number of esters is 1. The molecule has 1 aromatic carbocycles. The van der Waals surface area contributed by atoms with Crippen molar-refractivity contribution >= 4 is 17.5 Å². The zero-order chi connectivity index (χ0) is 17.9. The molecule has 0 radical (unpaired) electrons. The van der Waals surface area contributed by atoms with E-state index >= 15 is 0 Å². The molecule has 7 heteroatoms. The Bertz CT molecular complexity index is 772. The molecule has 0 unspecified atom stereocenters. The third-order valence-corrected chi connectivity index (χ3v) is 3.59. The molecule has 126 valence electrons. The van der Waals surface area contributed by atoms with Crippen LogP contribution >= 0.6 is 0 Å². The molecule has 1 aromatic heterocycles. The first-order valence-electron chi connectivity index (χ1n) is 7.34. The molecular formula is C17H19N3O4. The Labute approximate surface area is 140 Å². The van der Waals surface area contributed by atoms with Crippen LogP contribution in [0.1, 0.15) is 27.2 Å². The van der Waals surface area contributed by atoms with Crippen LogP contribution in [0.5, 0.6) is 0 Å². The van der Waals surface area contributed by atoms with Crippen molar-refractivity contribution in [1.82, 2.24) is 4.98 Å². The van der Waals surface area contributed by atoms with Crippen LogP contribution in [0.25, 0.3) is 0 Å². The minimum absolute atomic E-state index is 0.0965. The van der Waals surface area contributed by atoms with Gasteiger partial charge in [-0.25, -0.2) is 9.78 Å². The van der Waals surface area contributed by atoms with Crippen molar-refractivity contribution in [3.63, 3.8) is 0 Å². The van der Waals surface area contributed by atoms with Crippen molar-refractivity contribution in [2.24, 2.45) is 0 Å². The molecule has 0 N–H and O–H groups in total. The lowest BCUT2D eigenvalue weighted by atomic mass is 10.1. The van der Waals surface area contributed by atoms with Gasteiger partial charge in [0.1, 0.15) is 5.56 Å². The molecule has 0 fully saturated rings. The molecule has 0 bridgehead atoms. The molecule has 0 amide bonds. The van der Waals surface area contributed by atoms with E-state index in [9.17, 15) is 14.9 Å². The first-order valence-corrected chi connectivity index (χ1v) is 7.34. The lowest BCUT2D eigenvalue weighted by Crippen LogP contribution is -2.21. The highest BCUT2D eigenvalue weighted by Gasteiger charge is 2.29. The van der Waals surface area contributed by atoms with Gasteiger partial charge in [0.05, 0.1) is 12.0 Å². The molecule has 0 spiro atoms. The molecule has 2 aromatic rings. The van der Waals surface area contributed by atoms with Gasteiger partial charge in [-0.05, 0) is 25.5 Å². The Kier molecular flexibility index (Phi) is 5.13. The molecule has 0 saturated heterocycles. The van der Waals surface area contributed by atoms with Crippen molar-refractivity contribution < 1.29 is 14.5 Å². The first-order chi connectivity index (χ1) is 11.3. The average molecular weight is 329 g/mol. The van der Waals surface area contributed by atoms with E-state index in [-0.39, 0.29) is 17.1 Å². The number of benzene rings is 1. The van der Waals surface area contributed by atoms with E-state index in [4.69, 9.17) is 0 Å². The van der Waals surface area contributed by atoms with Gasteiger partial charge >= 0.3 is 11.7 Å². The maximum Gasteiger partial charge on any atom is 0.345 e. The number of hydrogen-bond donors (Lipinski definition) is 0. The Morgan fingerprint density at radius 2 is 1.92 bits per heavy atom. The van der Waals surface area contributed by atoms with Crippen LogP contribution < -0.4 is 4.90 Å². The summed E-state index contributed by atoms with van der Waals surface area (Å²) in [6, 6.07) is 9.22. The van der Waals surface area contributed by atoms with Gasteiger partial charge < -0.3 is 9.64 Å². The van der Waals surface area contributed by atoms with Crippen LogP contribution in [0.2, 0.25) is 0 Å². The average Bonchev–Trinajstić information content (AvgIpc) is 2.55. The second-order valence-electron chi connectivity index (χ2n) is 5.57. The fourth-order valence-electron chi connectivity index (χ4n) is 2.40. The summed E-state index contributed by atoms with van der Waals surface area (Å²) in [6.45, 7) is 4.10. The van der Waals surface area contributed by atoms with Crippen molar-refractivity contribution in [1.29, 1.82) is 0 Å². The van der Waals surface area contributed by atoms with Crippen LogP contribution in [-0.2, 0) is 11.3 Å². The number of methoxy groups -OCH3 is 1. The Hall–Kier alpha value is -2.96. The summed E-state index contributed by atoms with van der Waals surface area (Å²) < 4.78 is 4.66. The normalized spacial score (nSPS) is 10.3. The molecule has 0 aliphatic carbocycles. The maximum atomic E-state index is 11.9. The third kappa shape index (κ3) is 3.68. The van der Waals surface area contributed by atoms with E-state index in [1.807, 2.05) is 31.2 Å². The van der Waals surface area contributed by atoms with E-state index in [0.29, 0.717) is 12.2 Å². The quantitative estimate of drug-likeness (QED) is 0.476. The topological polar surface area (TPSA) is 85.6 Å². The minimum atomic E-state index is -0.753. The lowest BCUT2D eigenvalue weighted by Gasteiger charge is -2.19. The SMILES string of the molecule is COC(=O)c1cc(C)nc(N(C)Cc2ccc(C)cc2)c1[N+](=O)[O-]. The van der Waals surface area contributed by atoms with Crippen molar-refractivity contribution in [3.05, 3.63) is 62.8 Å². The van der Waals surface area contributed by atoms with Gasteiger partial charge in [0, 0.05) is 19.3 Å². The van der Waals surface area contributed by atoms with Crippen molar-refractivity contribution in [3.8, 4) is 0 Å². The first kappa shape index (κ1) is 17.4. The fourth-order valence-corrected chi connectivity index (χ4v) is 2.40. The van der Waals surface area contributed by atoms with Gasteiger partial charge in [-0.15, -0.1) is 0 Å². The maximum absolute atomic E-state index is 11.9. The highest BCUT2D eigenvalue weighted by Crippen LogP contribution is 2.31. The molecular weight excluding hydrogens is 310 g/mol. The molecule has 7 nitrogen and oxygen atoms in total. The van der Waals surface area contributed by atoms with E-state index in [0.717, 1.165) is 11.1 Å². The molecule has 2 rings (SSSR count). The van der Waals surface area contributed by atoms with E-state index in [1.165, 1.54) is 13.2 Å². The van der Waals surface area contributed by atoms with Crippen molar-refractivity contribution in [2.75, 3.05) is 19.1 Å². The number of rotatable bonds is 5. The number of aryl methyl sites for hydroxylation is 2. The zero-order valence-electron chi connectivity index (χ0n) is 14.1. The van der Waals surface area contributed by atoms with Gasteiger partial charge in [-0.1, -0.05) is 29.8 Å². The summed E-state index contributed by atoms with van der Waals surface area (Å²) in [5.74, 6) is -0.613. The van der Waals surface area contributed by atoms with Crippen molar-refractivity contribution in [2.45, 2.75) is 20.4 Å². The van der Waals surface area contributed by atoms with Gasteiger partial charge in [-0.3, -0.25) is 10.1 Å². The number of anilines is 1. The van der Waals surface area contributed by atoms with Gasteiger partial charge in [0.2, 0.25) is 5.82 Å². The van der Waals surface area contributed by atoms with Gasteiger partial charge in [0.25, 0.3) is 0 Å². The number of nitro groups is 1. The Morgan fingerprint density at radius 3 is 2.46 bits per heavy atom. The van der Waals surface area contributed by atoms with Crippen LogP contribution in [0.4, 0.5) is 11.5 Å². The number of pyridine rings is 1. The molecule has 1 heterocycles. The van der Waals surface area contributed by atoms with Gasteiger partial charge in [-0.2, -0.15) is 0 Å². The minimum Gasteiger partial charge on any atom is -0.465 e. The second-order valence-corrected chi connectivity index (χ2v) is 5.57. The lowest BCUT2D eigenvalue weighted by molar-refractivity contribution is -0.384. The smallest absolute Gasteiger partial charge is 0.345 e. The Morgan fingerprint density at radius 1 is 1.29 bits per heavy atom. The predicted molar refractivity (Wildman–Crippen MR) is 90.3 cm³/mol. The van der Waals surface area contributed by atoms with Gasteiger partial charge in [0.15, 0.2) is 0 Å². The summed E-state index contributed by atoms with van der Waals surface area (Å²) in [5, 5.41) is 11.5. The highest BCUT2D eigenvalue weighted by molar-refractivity contribution is 5.96. The van der Waals surface area contributed by atoms with Crippen LogP contribution in [-0.4, -0.2) is 30.0 Å². The molecule has 0 atom stereocenters. The summed E-state index contributed by atoms with van der Waals surface area (Å²) in [7, 11) is 2.90. The molecule has 24 heavy (non-hydrogen) atoms. The summed E-state index contributed by atoms with van der Waals surface area (Å²) in [6.07, 6.45) is 0. The third-order valence-electron chi connectivity index (χ3n) is 3.59. The number of carbonyl (C=O) groups is 1. The predicted octanol–water partition coefficient (Wildman–Crippen LogP) is 3.03. The van der Waals surface area contributed by atoms with E-state index in [1.54, 1.807) is 18.9 Å². The standard InChI is InChI=1S/C17H19N3O4/c1-11-5-7-13(8-6-11)10-19(3)16-15(20(22)23)14(17(21)24-4)9-12(2)18-16/h5-9H,10H2,1-4H3. The zero-order valence-corrected chi connectivity index (χ0v) is 14.1. The fraction of sp³-hybridized carbons (Fsp3) is 0.294. The monoisotopic (exact) mass is 329 g/mol. The number of hydrogen-bond acceptors (Lipinski definition) is 6. The number of ether oxygens (including phenoxy) is 1. The van der Waals surface area contributed by atoms with Crippen LogP contribution in [0.3, 0.4) is 0 Å². The van der Waals surface area contributed by atoms with E-state index < -0.39 is 10.9 Å². The number of aromatic nitrogens is 1. The number of nitrogens with zero attached hydrogens (tertiary/aromatic N) is 3. The highest BCUT2D eigenvalue weighted by atomic mass is 16.6. The van der Waals surface area contributed by atoms with Crippen LogP contribution in [0, 0.1) is 24.0 Å². The Balaban J connectivity index is 2.47.